The van der Waals surface area contributed by atoms with Crippen LogP contribution in [0, 0.1) is 0 Å². The fourth-order valence-electron chi connectivity index (χ4n) is 1.97. The highest BCUT2D eigenvalue weighted by Gasteiger charge is 2.17. The average Bonchev–Trinajstić information content (AvgIpc) is 2.23. The van der Waals surface area contributed by atoms with Gasteiger partial charge in [0, 0.05) is 31.3 Å². The third-order valence-electron chi connectivity index (χ3n) is 2.82. The number of ether oxygens (including phenoxy) is 1. The molecule has 0 atom stereocenters. The molecule has 0 N–H and O–H groups in total. The molecular weight excluding hydrogens is 178 g/mol. The molecule has 0 saturated carbocycles. The predicted octanol–water partition coefficient (Wildman–Crippen LogP) is 1.35. The standard InChI is InChI=1S/C11H17NO2/c13-11-4-7-14-9-10(11)8-12-5-2-1-3-6-12/h8H,1-7,9H2/b10-8+. The van der Waals surface area contributed by atoms with Gasteiger partial charge >= 0.3 is 0 Å². The first-order valence-electron chi connectivity index (χ1n) is 5.42. The van der Waals surface area contributed by atoms with Gasteiger partial charge < -0.3 is 9.64 Å². The van der Waals surface area contributed by atoms with Crippen LogP contribution in [0.5, 0.6) is 0 Å². The van der Waals surface area contributed by atoms with Crippen LogP contribution in [-0.4, -0.2) is 37.0 Å². The molecule has 0 bridgehead atoms. The van der Waals surface area contributed by atoms with E-state index in [1.807, 2.05) is 6.20 Å². The van der Waals surface area contributed by atoms with Gasteiger partial charge in [-0.1, -0.05) is 0 Å². The Bertz CT molecular complexity index is 242. The maximum absolute atomic E-state index is 11.5. The van der Waals surface area contributed by atoms with Gasteiger partial charge in [-0.05, 0) is 19.3 Å². The van der Waals surface area contributed by atoms with Gasteiger partial charge in [0.25, 0.3) is 0 Å². The van der Waals surface area contributed by atoms with E-state index in [0.717, 1.165) is 18.7 Å². The average molecular weight is 195 g/mol. The fourth-order valence-corrected chi connectivity index (χ4v) is 1.97. The third kappa shape index (κ3) is 2.35. The van der Waals surface area contributed by atoms with Crippen molar-refractivity contribution in [1.29, 1.82) is 0 Å². The largest absolute Gasteiger partial charge is 0.377 e. The summed E-state index contributed by atoms with van der Waals surface area (Å²) >= 11 is 0. The summed E-state index contributed by atoms with van der Waals surface area (Å²) in [5, 5.41) is 0. The summed E-state index contributed by atoms with van der Waals surface area (Å²) in [7, 11) is 0. The lowest BCUT2D eigenvalue weighted by molar-refractivity contribution is -0.119. The van der Waals surface area contributed by atoms with Crippen molar-refractivity contribution in [3.63, 3.8) is 0 Å². The smallest absolute Gasteiger partial charge is 0.164 e. The third-order valence-corrected chi connectivity index (χ3v) is 2.82. The Kier molecular flexibility index (Phi) is 3.19. The molecule has 14 heavy (non-hydrogen) atoms. The van der Waals surface area contributed by atoms with Crippen LogP contribution in [0.1, 0.15) is 25.7 Å². The number of piperidine rings is 1. The number of likely N-dealkylation sites (tertiary alicyclic amines) is 1. The number of hydrogen-bond donors (Lipinski definition) is 0. The molecule has 0 amide bonds. The van der Waals surface area contributed by atoms with Gasteiger partial charge in [-0.2, -0.15) is 0 Å². The summed E-state index contributed by atoms with van der Waals surface area (Å²) in [6.45, 7) is 3.29. The Balaban J connectivity index is 1.96. The summed E-state index contributed by atoms with van der Waals surface area (Å²) in [6.07, 6.45) is 6.39. The molecule has 0 aromatic rings. The second kappa shape index (κ2) is 4.60. The van der Waals surface area contributed by atoms with Gasteiger partial charge in [-0.25, -0.2) is 0 Å². The lowest BCUT2D eigenvalue weighted by Gasteiger charge is -2.26. The van der Waals surface area contributed by atoms with E-state index in [-0.39, 0.29) is 5.78 Å². The van der Waals surface area contributed by atoms with E-state index < -0.39 is 0 Å². The first kappa shape index (κ1) is 9.71. The van der Waals surface area contributed by atoms with Gasteiger partial charge in [0.15, 0.2) is 5.78 Å². The number of hydrogen-bond acceptors (Lipinski definition) is 3. The van der Waals surface area contributed by atoms with Crippen LogP contribution in [0.3, 0.4) is 0 Å². The number of nitrogens with zero attached hydrogens (tertiary/aromatic N) is 1. The molecule has 78 valence electrons. The number of Topliss-reactive ketones (excluding diaryl/α,β-unsaturated/α-hetero) is 1. The summed E-state index contributed by atoms with van der Waals surface area (Å²) in [6, 6.07) is 0. The maximum Gasteiger partial charge on any atom is 0.164 e. The number of carbonyl (C=O) groups is 1. The molecule has 2 aliphatic heterocycles. The quantitative estimate of drug-likeness (QED) is 0.591. The molecule has 0 aliphatic carbocycles. The van der Waals surface area contributed by atoms with Crippen molar-refractivity contribution in [3.8, 4) is 0 Å². The van der Waals surface area contributed by atoms with Crippen LogP contribution in [0.2, 0.25) is 0 Å². The lowest BCUT2D eigenvalue weighted by Crippen LogP contribution is -2.28. The molecule has 3 nitrogen and oxygen atoms in total. The van der Waals surface area contributed by atoms with E-state index in [0.29, 0.717) is 19.6 Å². The van der Waals surface area contributed by atoms with Crippen LogP contribution in [0.4, 0.5) is 0 Å². The van der Waals surface area contributed by atoms with Crippen LogP contribution in [0.25, 0.3) is 0 Å². The van der Waals surface area contributed by atoms with E-state index in [2.05, 4.69) is 4.90 Å². The minimum absolute atomic E-state index is 0.266. The summed E-state index contributed by atoms with van der Waals surface area (Å²) in [4.78, 5) is 13.7. The fraction of sp³-hybridized carbons (Fsp3) is 0.727. The Labute approximate surface area is 84.7 Å². The van der Waals surface area contributed by atoms with E-state index in [1.54, 1.807) is 0 Å². The van der Waals surface area contributed by atoms with Crippen molar-refractivity contribution in [3.05, 3.63) is 11.8 Å². The van der Waals surface area contributed by atoms with Crippen molar-refractivity contribution < 1.29 is 9.53 Å². The molecule has 3 heteroatoms. The Morgan fingerprint density at radius 3 is 2.71 bits per heavy atom. The molecule has 0 radical (unpaired) electrons. The molecule has 0 unspecified atom stereocenters. The Morgan fingerprint density at radius 2 is 2.00 bits per heavy atom. The zero-order valence-electron chi connectivity index (χ0n) is 8.50. The molecule has 2 aliphatic rings. The van der Waals surface area contributed by atoms with E-state index in [4.69, 9.17) is 4.74 Å². The maximum atomic E-state index is 11.5. The van der Waals surface area contributed by atoms with E-state index in [9.17, 15) is 4.79 Å². The monoisotopic (exact) mass is 195 g/mol. The molecule has 2 fully saturated rings. The minimum atomic E-state index is 0.266. The molecule has 2 heterocycles. The minimum Gasteiger partial charge on any atom is -0.377 e. The van der Waals surface area contributed by atoms with E-state index >= 15 is 0 Å². The molecule has 2 saturated heterocycles. The van der Waals surface area contributed by atoms with Crippen molar-refractivity contribution in [2.45, 2.75) is 25.7 Å². The molecule has 0 aromatic heterocycles. The highest BCUT2D eigenvalue weighted by Crippen LogP contribution is 2.14. The number of ketones is 1. The normalized spacial score (nSPS) is 27.0. The Morgan fingerprint density at radius 1 is 1.21 bits per heavy atom. The molecular formula is C11H17NO2. The van der Waals surface area contributed by atoms with Crippen molar-refractivity contribution in [2.75, 3.05) is 26.3 Å². The zero-order valence-corrected chi connectivity index (χ0v) is 8.50. The van der Waals surface area contributed by atoms with Crippen molar-refractivity contribution in [2.24, 2.45) is 0 Å². The van der Waals surface area contributed by atoms with Gasteiger partial charge in [0.2, 0.25) is 0 Å². The summed E-state index contributed by atoms with van der Waals surface area (Å²) in [5.74, 6) is 0.266. The van der Waals surface area contributed by atoms with Gasteiger partial charge in [0.1, 0.15) is 0 Å². The second-order valence-corrected chi connectivity index (χ2v) is 3.98. The van der Waals surface area contributed by atoms with Crippen LogP contribution in [-0.2, 0) is 9.53 Å². The van der Waals surface area contributed by atoms with Crippen molar-refractivity contribution >= 4 is 5.78 Å². The highest BCUT2D eigenvalue weighted by molar-refractivity contribution is 5.96. The van der Waals surface area contributed by atoms with E-state index in [1.165, 1.54) is 19.3 Å². The zero-order chi connectivity index (χ0) is 9.80. The first-order chi connectivity index (χ1) is 6.86. The molecule has 2 rings (SSSR count). The van der Waals surface area contributed by atoms with Gasteiger partial charge in [-0.15, -0.1) is 0 Å². The molecule has 0 aromatic carbocycles. The summed E-state index contributed by atoms with van der Waals surface area (Å²) in [5.41, 5.74) is 0.859. The van der Waals surface area contributed by atoms with Gasteiger partial charge in [-0.3, -0.25) is 4.79 Å². The number of carbonyl (C=O) groups excluding carboxylic acids is 1. The van der Waals surface area contributed by atoms with Crippen LogP contribution < -0.4 is 0 Å². The first-order valence-corrected chi connectivity index (χ1v) is 5.42. The van der Waals surface area contributed by atoms with Crippen LogP contribution in [0.15, 0.2) is 11.8 Å². The predicted molar refractivity (Wildman–Crippen MR) is 54.0 cm³/mol. The highest BCUT2D eigenvalue weighted by atomic mass is 16.5. The Hall–Kier alpha value is -0.830. The van der Waals surface area contributed by atoms with Gasteiger partial charge in [0.05, 0.1) is 13.2 Å². The van der Waals surface area contributed by atoms with Crippen LogP contribution >= 0.6 is 0 Å². The molecule has 0 spiro atoms. The lowest BCUT2D eigenvalue weighted by atomic mass is 10.1. The van der Waals surface area contributed by atoms with Crippen molar-refractivity contribution in [1.82, 2.24) is 4.90 Å². The summed E-state index contributed by atoms with van der Waals surface area (Å²) < 4.78 is 5.28. The topological polar surface area (TPSA) is 29.5 Å². The second-order valence-electron chi connectivity index (χ2n) is 3.98. The SMILES string of the molecule is O=C1CCOC/C1=C\N1CCCCC1. The number of rotatable bonds is 1.